The van der Waals surface area contributed by atoms with Gasteiger partial charge in [0.05, 0.1) is 5.60 Å². The molecule has 1 rings (SSSR count). The third-order valence-corrected chi connectivity index (χ3v) is 3.17. The summed E-state index contributed by atoms with van der Waals surface area (Å²) < 4.78 is 0. The van der Waals surface area contributed by atoms with E-state index in [1.165, 1.54) is 22.3 Å². The lowest BCUT2D eigenvalue weighted by Crippen LogP contribution is -2.23. The number of hydrogen-bond acceptors (Lipinski definition) is 1. The van der Waals surface area contributed by atoms with Gasteiger partial charge in [-0.05, 0) is 55.4 Å². The summed E-state index contributed by atoms with van der Waals surface area (Å²) in [4.78, 5) is 0. The molecule has 0 aliphatic carbocycles. The highest BCUT2D eigenvalue weighted by Gasteiger charge is 2.20. The highest BCUT2D eigenvalue weighted by Crippen LogP contribution is 2.28. The maximum Gasteiger partial charge on any atom is 0.0632 e. The van der Waals surface area contributed by atoms with Crippen molar-refractivity contribution in [1.29, 1.82) is 0 Å². The van der Waals surface area contributed by atoms with Gasteiger partial charge < -0.3 is 5.11 Å². The van der Waals surface area contributed by atoms with E-state index in [1.54, 1.807) is 0 Å². The molecule has 0 aliphatic heterocycles. The normalized spacial score (nSPS) is 12.9. The summed E-state index contributed by atoms with van der Waals surface area (Å²) >= 11 is 0. The van der Waals surface area contributed by atoms with Gasteiger partial charge in [0.1, 0.15) is 0 Å². The van der Waals surface area contributed by atoms with Crippen LogP contribution in [0.5, 0.6) is 0 Å². The van der Waals surface area contributed by atoms with Crippen LogP contribution in [0.15, 0.2) is 12.1 Å². The summed E-state index contributed by atoms with van der Waals surface area (Å²) in [6.07, 6.45) is 0.717. The first kappa shape index (κ1) is 14.2. The van der Waals surface area contributed by atoms with Crippen molar-refractivity contribution in [1.82, 2.24) is 0 Å². The molecule has 0 spiro atoms. The Kier molecular flexibility index (Phi) is 3.73. The first-order valence-electron chi connectivity index (χ1n) is 6.34. The lowest BCUT2D eigenvalue weighted by atomic mass is 9.82. The van der Waals surface area contributed by atoms with Crippen molar-refractivity contribution in [2.45, 2.75) is 65.9 Å². The van der Waals surface area contributed by atoms with Crippen LogP contribution in [0.25, 0.3) is 0 Å². The topological polar surface area (TPSA) is 20.2 Å². The van der Waals surface area contributed by atoms with Gasteiger partial charge in [0, 0.05) is 6.42 Å². The van der Waals surface area contributed by atoms with Crippen molar-refractivity contribution in [2.75, 3.05) is 0 Å². The van der Waals surface area contributed by atoms with Crippen molar-refractivity contribution < 1.29 is 5.11 Å². The molecule has 17 heavy (non-hydrogen) atoms. The van der Waals surface area contributed by atoms with Crippen LogP contribution in [0.2, 0.25) is 0 Å². The van der Waals surface area contributed by atoms with E-state index >= 15 is 0 Å². The molecule has 1 N–H and O–H groups in total. The van der Waals surface area contributed by atoms with Crippen LogP contribution in [0.3, 0.4) is 0 Å². The fourth-order valence-electron chi connectivity index (χ4n) is 2.14. The summed E-state index contributed by atoms with van der Waals surface area (Å²) in [6.45, 7) is 14.7. The smallest absolute Gasteiger partial charge is 0.0632 e. The SMILES string of the molecule is Cc1cc(C(C)(C)C)cc(C)c1CC(C)(C)O. The Hall–Kier alpha value is -0.820. The zero-order valence-corrected chi connectivity index (χ0v) is 12.3. The molecule has 0 aliphatic rings. The van der Waals surface area contributed by atoms with E-state index < -0.39 is 5.60 Å². The van der Waals surface area contributed by atoms with E-state index in [-0.39, 0.29) is 5.41 Å². The van der Waals surface area contributed by atoms with Gasteiger partial charge in [-0.1, -0.05) is 32.9 Å². The Morgan fingerprint density at radius 3 is 1.65 bits per heavy atom. The standard InChI is InChI=1S/C16H26O/c1-11-8-13(15(3,4)5)9-12(2)14(11)10-16(6,7)17/h8-9,17H,10H2,1-7H3. The second-order valence-corrected chi connectivity index (χ2v) is 6.83. The molecular weight excluding hydrogens is 208 g/mol. The van der Waals surface area contributed by atoms with Crippen molar-refractivity contribution in [3.8, 4) is 0 Å². The lowest BCUT2D eigenvalue weighted by Gasteiger charge is -2.25. The van der Waals surface area contributed by atoms with E-state index in [2.05, 4.69) is 46.8 Å². The summed E-state index contributed by atoms with van der Waals surface area (Å²) in [7, 11) is 0. The second-order valence-electron chi connectivity index (χ2n) is 6.83. The number of hydrogen-bond donors (Lipinski definition) is 1. The minimum Gasteiger partial charge on any atom is -0.390 e. The average Bonchev–Trinajstić information content (AvgIpc) is 2.07. The van der Waals surface area contributed by atoms with Gasteiger partial charge in [0.2, 0.25) is 0 Å². The third-order valence-electron chi connectivity index (χ3n) is 3.17. The van der Waals surface area contributed by atoms with Crippen molar-refractivity contribution in [3.05, 3.63) is 34.4 Å². The molecular formula is C16H26O. The fourth-order valence-corrected chi connectivity index (χ4v) is 2.14. The first-order chi connectivity index (χ1) is 7.50. The molecule has 0 amide bonds. The van der Waals surface area contributed by atoms with E-state index in [0.29, 0.717) is 0 Å². The molecule has 0 saturated heterocycles. The lowest BCUT2D eigenvalue weighted by molar-refractivity contribution is 0.0806. The van der Waals surface area contributed by atoms with Crippen LogP contribution in [0.1, 0.15) is 56.9 Å². The molecule has 0 heterocycles. The van der Waals surface area contributed by atoms with Crippen LogP contribution in [0, 0.1) is 13.8 Å². The van der Waals surface area contributed by atoms with Crippen LogP contribution in [-0.2, 0) is 11.8 Å². The van der Waals surface area contributed by atoms with Gasteiger partial charge >= 0.3 is 0 Å². The van der Waals surface area contributed by atoms with Gasteiger partial charge in [0.25, 0.3) is 0 Å². The van der Waals surface area contributed by atoms with Gasteiger partial charge in [0.15, 0.2) is 0 Å². The summed E-state index contributed by atoms with van der Waals surface area (Å²) in [5, 5.41) is 9.95. The third kappa shape index (κ3) is 3.85. The quantitative estimate of drug-likeness (QED) is 0.822. The van der Waals surface area contributed by atoms with Crippen molar-refractivity contribution in [2.24, 2.45) is 0 Å². The predicted molar refractivity (Wildman–Crippen MR) is 74.6 cm³/mol. The van der Waals surface area contributed by atoms with Gasteiger partial charge in [-0.2, -0.15) is 0 Å². The first-order valence-corrected chi connectivity index (χ1v) is 6.34. The molecule has 1 aromatic rings. The molecule has 96 valence electrons. The minimum atomic E-state index is -0.640. The highest BCUT2D eigenvalue weighted by molar-refractivity contribution is 5.41. The van der Waals surface area contributed by atoms with E-state index in [4.69, 9.17) is 0 Å². The minimum absolute atomic E-state index is 0.183. The maximum absolute atomic E-state index is 9.95. The number of benzene rings is 1. The molecule has 0 aromatic heterocycles. The summed E-state index contributed by atoms with van der Waals surface area (Å²) in [5.74, 6) is 0. The van der Waals surface area contributed by atoms with Gasteiger partial charge in [-0.15, -0.1) is 0 Å². The molecule has 0 unspecified atom stereocenters. The van der Waals surface area contributed by atoms with Crippen LogP contribution >= 0.6 is 0 Å². The molecule has 1 aromatic carbocycles. The molecule has 1 heteroatoms. The average molecular weight is 234 g/mol. The number of aliphatic hydroxyl groups is 1. The largest absolute Gasteiger partial charge is 0.390 e. The molecule has 0 atom stereocenters. The fraction of sp³-hybridized carbons (Fsp3) is 0.625. The monoisotopic (exact) mass is 234 g/mol. The number of aryl methyl sites for hydroxylation is 2. The van der Waals surface area contributed by atoms with Crippen LogP contribution in [0.4, 0.5) is 0 Å². The Labute approximate surface area is 106 Å². The predicted octanol–water partition coefficient (Wildman–Crippen LogP) is 3.91. The second kappa shape index (κ2) is 4.45. The Balaban J connectivity index is 3.20. The Morgan fingerprint density at radius 2 is 1.35 bits per heavy atom. The Bertz CT molecular complexity index is 380. The van der Waals surface area contributed by atoms with Crippen LogP contribution in [-0.4, -0.2) is 10.7 Å². The van der Waals surface area contributed by atoms with Crippen molar-refractivity contribution in [3.63, 3.8) is 0 Å². The zero-order chi connectivity index (χ0) is 13.4. The van der Waals surface area contributed by atoms with E-state index in [9.17, 15) is 5.11 Å². The van der Waals surface area contributed by atoms with E-state index in [0.717, 1.165) is 6.42 Å². The molecule has 0 bridgehead atoms. The molecule has 1 nitrogen and oxygen atoms in total. The van der Waals surface area contributed by atoms with E-state index in [1.807, 2.05) is 13.8 Å². The molecule has 0 fully saturated rings. The molecule has 0 radical (unpaired) electrons. The zero-order valence-electron chi connectivity index (χ0n) is 12.3. The summed E-state index contributed by atoms with van der Waals surface area (Å²) in [5.41, 5.74) is 4.77. The number of rotatable bonds is 2. The van der Waals surface area contributed by atoms with Crippen molar-refractivity contribution >= 4 is 0 Å². The van der Waals surface area contributed by atoms with Gasteiger partial charge in [-0.3, -0.25) is 0 Å². The maximum atomic E-state index is 9.95. The highest BCUT2D eigenvalue weighted by atomic mass is 16.3. The summed E-state index contributed by atoms with van der Waals surface area (Å²) in [6, 6.07) is 4.52. The van der Waals surface area contributed by atoms with Gasteiger partial charge in [-0.25, -0.2) is 0 Å². The van der Waals surface area contributed by atoms with Crippen LogP contribution < -0.4 is 0 Å². The Morgan fingerprint density at radius 1 is 0.941 bits per heavy atom. The molecule has 0 saturated carbocycles.